The average molecular weight is 1010 g/mol. The molecule has 5 rings (SSSR count). The molecule has 5 aromatic heterocycles. The summed E-state index contributed by atoms with van der Waals surface area (Å²) in [6.45, 7) is 9.10. The number of rotatable bonds is 34. The maximum atomic E-state index is 9.65. The minimum absolute atomic E-state index is 0.153. The zero-order valence-electron chi connectivity index (χ0n) is 42.2. The molecule has 0 aromatic carbocycles. The lowest BCUT2D eigenvalue weighted by molar-refractivity contribution is 0.608. The molecular weight excluding hydrogens is 937 g/mol. The molecule has 0 radical (unpaired) electrons. The van der Waals surface area contributed by atoms with E-state index in [0.29, 0.717) is 0 Å². The highest BCUT2D eigenvalue weighted by atomic mass is 32.1. The summed E-state index contributed by atoms with van der Waals surface area (Å²) in [4.78, 5) is 12.6. The number of hydrogen-bond donors (Lipinski definition) is 0. The van der Waals surface area contributed by atoms with Gasteiger partial charge in [-0.25, -0.2) is 0 Å². The lowest BCUT2D eigenvalue weighted by Gasteiger charge is -2.04. The fourth-order valence-corrected chi connectivity index (χ4v) is 15.4. The summed E-state index contributed by atoms with van der Waals surface area (Å²) in [5, 5.41) is 38.6. The molecule has 366 valence electrons. The molecule has 0 saturated carbocycles. The SMILES string of the molecule is CCCCCCCCc1cc(C=C(C#N)C#N)sc1-c1cc(CCCCCCCC)c(-c2ccc(-c3sc(-c4sc(C=C(C#N)C#N)cc4CCCCCCCC)cc3CCCCCCCC)s2)s1. The van der Waals surface area contributed by atoms with Crippen LogP contribution in [-0.4, -0.2) is 0 Å². The van der Waals surface area contributed by atoms with Crippen LogP contribution in [0.2, 0.25) is 0 Å². The first-order valence-corrected chi connectivity index (χ1v) is 30.6. The summed E-state index contributed by atoms with van der Waals surface area (Å²) in [6, 6.07) is 22.6. The molecule has 0 aliphatic carbocycles. The van der Waals surface area contributed by atoms with Gasteiger partial charge in [0.1, 0.15) is 35.4 Å². The molecular formula is C60H76N4S5. The third-order valence-corrected chi connectivity index (χ3v) is 19.4. The first-order chi connectivity index (χ1) is 33.9. The van der Waals surface area contributed by atoms with Gasteiger partial charge in [-0.3, -0.25) is 0 Å². The van der Waals surface area contributed by atoms with E-state index in [1.165, 1.54) is 203 Å². The van der Waals surface area contributed by atoms with Crippen LogP contribution >= 0.6 is 56.7 Å². The number of nitrogens with zero attached hydrogens (tertiary/aromatic N) is 4. The van der Waals surface area contributed by atoms with E-state index in [2.05, 4.69) is 88.4 Å². The Morgan fingerprint density at radius 3 is 0.928 bits per heavy atom. The van der Waals surface area contributed by atoms with Crippen LogP contribution in [0, 0.1) is 45.3 Å². The summed E-state index contributed by atoms with van der Waals surface area (Å²) in [5.74, 6) is 0. The van der Waals surface area contributed by atoms with Crippen molar-refractivity contribution in [1.29, 1.82) is 21.0 Å². The van der Waals surface area contributed by atoms with Crippen molar-refractivity contribution in [3.8, 4) is 63.3 Å². The van der Waals surface area contributed by atoms with E-state index in [1.807, 2.05) is 34.0 Å². The highest BCUT2D eigenvalue weighted by Gasteiger charge is 2.22. The van der Waals surface area contributed by atoms with Gasteiger partial charge in [0.05, 0.1) is 0 Å². The molecule has 4 nitrogen and oxygen atoms in total. The molecule has 5 heterocycles. The van der Waals surface area contributed by atoms with Gasteiger partial charge in [-0.1, -0.05) is 156 Å². The highest BCUT2D eigenvalue weighted by molar-refractivity contribution is 7.30. The molecule has 9 heteroatoms. The van der Waals surface area contributed by atoms with Crippen molar-refractivity contribution < 1.29 is 0 Å². The maximum Gasteiger partial charge on any atom is 0.131 e. The predicted molar refractivity (Wildman–Crippen MR) is 304 cm³/mol. The van der Waals surface area contributed by atoms with Gasteiger partial charge in [-0.2, -0.15) is 21.0 Å². The number of nitriles is 4. The maximum absolute atomic E-state index is 9.65. The second kappa shape index (κ2) is 32.0. The van der Waals surface area contributed by atoms with Gasteiger partial charge in [0, 0.05) is 48.8 Å². The number of allylic oxidation sites excluding steroid dienone is 2. The Labute approximate surface area is 437 Å². The van der Waals surface area contributed by atoms with Crippen molar-refractivity contribution in [2.24, 2.45) is 0 Å². The number of thiophene rings is 5. The molecule has 0 fully saturated rings. The monoisotopic (exact) mass is 1010 g/mol. The van der Waals surface area contributed by atoms with E-state index in [1.54, 1.807) is 34.8 Å². The highest BCUT2D eigenvalue weighted by Crippen LogP contribution is 2.50. The normalized spacial score (nSPS) is 11.0. The van der Waals surface area contributed by atoms with Gasteiger partial charge in [-0.05, 0) is 122 Å². The molecule has 0 aliphatic heterocycles. The summed E-state index contributed by atoms with van der Waals surface area (Å²) < 4.78 is 0. The second-order valence-electron chi connectivity index (χ2n) is 18.7. The Morgan fingerprint density at radius 2 is 0.623 bits per heavy atom. The molecule has 0 amide bonds. The van der Waals surface area contributed by atoms with Crippen LogP contribution < -0.4 is 0 Å². The molecule has 69 heavy (non-hydrogen) atoms. The van der Waals surface area contributed by atoms with E-state index < -0.39 is 0 Å². The topological polar surface area (TPSA) is 95.2 Å². The number of aryl methyl sites for hydroxylation is 4. The standard InChI is InChI=1S/C60H76N4S5/c1-5-9-13-17-21-25-29-47-37-51(35-45(41-61)42-62)65-59(47)55-39-49(31-27-23-19-15-11-7-3)57(68-55)53-33-34-54(67-53)58-50(32-28-24-20-16-12-8-4)40-56(69-58)60-48(30-26-22-18-14-10-6-2)38-52(66-60)36-46(43-63)44-64/h33-40H,5-32H2,1-4H3. The van der Waals surface area contributed by atoms with Crippen molar-refractivity contribution in [1.82, 2.24) is 0 Å². The van der Waals surface area contributed by atoms with Gasteiger partial charge in [0.2, 0.25) is 0 Å². The molecule has 0 N–H and O–H groups in total. The van der Waals surface area contributed by atoms with Crippen LogP contribution in [-0.2, 0) is 25.7 Å². The van der Waals surface area contributed by atoms with Crippen molar-refractivity contribution >= 4 is 68.8 Å². The van der Waals surface area contributed by atoms with E-state index in [4.69, 9.17) is 0 Å². The van der Waals surface area contributed by atoms with Gasteiger partial charge in [0.15, 0.2) is 0 Å². The third kappa shape index (κ3) is 17.9. The molecule has 0 spiro atoms. The first kappa shape index (κ1) is 55.9. The fraction of sp³-hybridized carbons (Fsp3) is 0.533. The summed E-state index contributed by atoms with van der Waals surface area (Å²) >= 11 is 9.29. The number of unbranched alkanes of at least 4 members (excludes halogenated alkanes) is 20. The van der Waals surface area contributed by atoms with Crippen LogP contribution in [0.3, 0.4) is 0 Å². The molecule has 0 bridgehead atoms. The Morgan fingerprint density at radius 1 is 0.348 bits per heavy atom. The van der Waals surface area contributed by atoms with Crippen molar-refractivity contribution in [3.05, 3.63) is 79.6 Å². The lowest BCUT2D eigenvalue weighted by atomic mass is 10.0. The third-order valence-electron chi connectivity index (χ3n) is 13.0. The van der Waals surface area contributed by atoms with E-state index in [0.717, 1.165) is 48.3 Å². The van der Waals surface area contributed by atoms with Crippen LogP contribution in [0.4, 0.5) is 0 Å². The molecule has 0 unspecified atom stereocenters. The smallest absolute Gasteiger partial charge is 0.131 e. The van der Waals surface area contributed by atoms with Gasteiger partial charge in [0.25, 0.3) is 0 Å². The molecule has 0 saturated heterocycles. The minimum atomic E-state index is 0.153. The Hall–Kier alpha value is -4.06. The van der Waals surface area contributed by atoms with Crippen LogP contribution in [0.5, 0.6) is 0 Å². The summed E-state index contributed by atoms with van der Waals surface area (Å²) in [6.07, 6.45) is 37.8. The minimum Gasteiger partial charge on any atom is -0.192 e. The number of hydrogen-bond acceptors (Lipinski definition) is 9. The Kier molecular flexibility index (Phi) is 25.9. The fourth-order valence-electron chi connectivity index (χ4n) is 9.13. The zero-order chi connectivity index (χ0) is 49.1. The molecule has 5 aromatic rings. The summed E-state index contributed by atoms with van der Waals surface area (Å²) in [7, 11) is 0. The molecule has 0 aliphatic rings. The Bertz CT molecular complexity index is 2330. The first-order valence-electron chi connectivity index (χ1n) is 26.6. The summed E-state index contributed by atoms with van der Waals surface area (Å²) in [5.41, 5.74) is 5.87. The Balaban J connectivity index is 1.55. The largest absolute Gasteiger partial charge is 0.192 e. The quantitative estimate of drug-likeness (QED) is 0.0303. The van der Waals surface area contributed by atoms with Crippen LogP contribution in [0.15, 0.2) is 47.5 Å². The van der Waals surface area contributed by atoms with E-state index >= 15 is 0 Å². The van der Waals surface area contributed by atoms with Crippen molar-refractivity contribution in [2.45, 2.75) is 207 Å². The van der Waals surface area contributed by atoms with Crippen LogP contribution in [0.1, 0.15) is 214 Å². The van der Waals surface area contributed by atoms with Gasteiger partial charge >= 0.3 is 0 Å². The lowest BCUT2D eigenvalue weighted by Crippen LogP contribution is -1.87. The van der Waals surface area contributed by atoms with Crippen LogP contribution in [0.25, 0.3) is 51.2 Å². The second-order valence-corrected chi connectivity index (χ2v) is 24.1. The molecule has 0 atom stereocenters. The average Bonchev–Trinajstić information content (AvgIpc) is 4.22. The van der Waals surface area contributed by atoms with Gasteiger partial charge in [-0.15, -0.1) is 56.7 Å². The van der Waals surface area contributed by atoms with Crippen molar-refractivity contribution in [3.63, 3.8) is 0 Å². The van der Waals surface area contributed by atoms with Gasteiger partial charge < -0.3 is 0 Å². The van der Waals surface area contributed by atoms with Crippen molar-refractivity contribution in [2.75, 3.05) is 0 Å². The predicted octanol–water partition coefficient (Wildman–Crippen LogP) is 21.1. The van der Waals surface area contributed by atoms with E-state index in [-0.39, 0.29) is 11.1 Å². The van der Waals surface area contributed by atoms with E-state index in [9.17, 15) is 21.0 Å². The zero-order valence-corrected chi connectivity index (χ0v) is 46.3.